The van der Waals surface area contributed by atoms with Gasteiger partial charge in [-0.25, -0.2) is 8.42 Å². The minimum absolute atomic E-state index is 0.0847. The average molecular weight is 262 g/mol. The lowest BCUT2D eigenvalue weighted by atomic mass is 9.73. The van der Waals surface area contributed by atoms with E-state index in [-0.39, 0.29) is 5.41 Å². The summed E-state index contributed by atoms with van der Waals surface area (Å²) in [4.78, 5) is 11.2. The average Bonchev–Trinajstić information content (AvgIpc) is 2.15. The topological polar surface area (TPSA) is 71.4 Å². The maximum atomic E-state index is 12.2. The van der Waals surface area contributed by atoms with Crippen LogP contribution in [-0.2, 0) is 14.6 Å². The molecule has 0 heterocycles. The van der Waals surface area contributed by atoms with Gasteiger partial charge in [0.05, 0.1) is 16.4 Å². The molecule has 0 bridgehead atoms. The summed E-state index contributed by atoms with van der Waals surface area (Å²) in [6, 6.07) is 0. The van der Waals surface area contributed by atoms with Crippen molar-refractivity contribution < 1.29 is 18.3 Å². The van der Waals surface area contributed by atoms with Crippen molar-refractivity contribution in [3.63, 3.8) is 0 Å². The molecule has 1 fully saturated rings. The molecular formula is C12H22O4S. The number of carboxylic acids is 1. The molecule has 100 valence electrons. The SMILES string of the molecule is CC(C)S(=O)(=O)C1CC(C)(C)CCC1C(=O)O. The van der Waals surface area contributed by atoms with E-state index in [0.29, 0.717) is 12.8 Å². The van der Waals surface area contributed by atoms with Crippen LogP contribution in [0.1, 0.15) is 47.0 Å². The Kier molecular flexibility index (Phi) is 3.91. The van der Waals surface area contributed by atoms with Crippen molar-refractivity contribution in [2.24, 2.45) is 11.3 Å². The van der Waals surface area contributed by atoms with E-state index in [0.717, 1.165) is 6.42 Å². The third kappa shape index (κ3) is 3.00. The number of carboxylic acid groups (broad SMARTS) is 1. The molecule has 0 amide bonds. The first-order chi connectivity index (χ1) is 7.58. The normalized spacial score (nSPS) is 29.2. The monoisotopic (exact) mass is 262 g/mol. The molecule has 0 aromatic heterocycles. The van der Waals surface area contributed by atoms with Crippen LogP contribution < -0.4 is 0 Å². The lowest BCUT2D eigenvalue weighted by molar-refractivity contribution is -0.143. The summed E-state index contributed by atoms with van der Waals surface area (Å²) in [5, 5.41) is 7.92. The third-order valence-electron chi connectivity index (χ3n) is 3.73. The van der Waals surface area contributed by atoms with Gasteiger partial charge >= 0.3 is 5.97 Å². The van der Waals surface area contributed by atoms with Crippen LogP contribution in [-0.4, -0.2) is 30.0 Å². The van der Waals surface area contributed by atoms with Gasteiger partial charge in [0.25, 0.3) is 0 Å². The number of hydrogen-bond donors (Lipinski definition) is 1. The molecule has 0 spiro atoms. The van der Waals surface area contributed by atoms with Crippen molar-refractivity contribution in [1.82, 2.24) is 0 Å². The van der Waals surface area contributed by atoms with Gasteiger partial charge in [-0.1, -0.05) is 13.8 Å². The summed E-state index contributed by atoms with van der Waals surface area (Å²) in [5.41, 5.74) is -0.0847. The highest BCUT2D eigenvalue weighted by Gasteiger charge is 2.45. The first-order valence-corrected chi connectivity index (χ1v) is 7.64. The molecule has 1 saturated carbocycles. The molecular weight excluding hydrogens is 240 g/mol. The lowest BCUT2D eigenvalue weighted by Crippen LogP contribution is -2.45. The van der Waals surface area contributed by atoms with E-state index >= 15 is 0 Å². The molecule has 0 radical (unpaired) electrons. The lowest BCUT2D eigenvalue weighted by Gasteiger charge is -2.39. The standard InChI is InChI=1S/C12H22O4S/c1-8(2)17(15,16)10-7-12(3,4)6-5-9(10)11(13)14/h8-10H,5-7H2,1-4H3,(H,13,14). The molecule has 0 aliphatic heterocycles. The van der Waals surface area contributed by atoms with Gasteiger partial charge in [0, 0.05) is 0 Å². The van der Waals surface area contributed by atoms with Crippen LogP contribution in [0, 0.1) is 11.3 Å². The summed E-state index contributed by atoms with van der Waals surface area (Å²) in [7, 11) is -3.35. The molecule has 1 rings (SSSR count). The zero-order valence-corrected chi connectivity index (χ0v) is 11.8. The van der Waals surface area contributed by atoms with Gasteiger partial charge in [0.1, 0.15) is 0 Å². The Balaban J connectivity index is 3.09. The summed E-state index contributed by atoms with van der Waals surface area (Å²) >= 11 is 0. The highest BCUT2D eigenvalue weighted by atomic mass is 32.2. The minimum Gasteiger partial charge on any atom is -0.481 e. The Morgan fingerprint density at radius 2 is 1.88 bits per heavy atom. The Morgan fingerprint density at radius 3 is 2.29 bits per heavy atom. The second-order valence-electron chi connectivity index (χ2n) is 6.03. The first kappa shape index (κ1) is 14.5. The molecule has 1 aliphatic rings. The van der Waals surface area contributed by atoms with Crippen molar-refractivity contribution >= 4 is 15.8 Å². The van der Waals surface area contributed by atoms with Crippen molar-refractivity contribution in [3.05, 3.63) is 0 Å². The summed E-state index contributed by atoms with van der Waals surface area (Å²) in [5.74, 6) is -1.72. The van der Waals surface area contributed by atoms with Crippen LogP contribution in [0.25, 0.3) is 0 Å². The predicted molar refractivity (Wildman–Crippen MR) is 66.6 cm³/mol. The van der Waals surface area contributed by atoms with E-state index in [2.05, 4.69) is 0 Å². The van der Waals surface area contributed by atoms with Crippen LogP contribution in [0.5, 0.6) is 0 Å². The van der Waals surface area contributed by atoms with Crippen LogP contribution in [0.3, 0.4) is 0 Å². The number of sulfone groups is 1. The van der Waals surface area contributed by atoms with E-state index in [9.17, 15) is 13.2 Å². The first-order valence-electron chi connectivity index (χ1n) is 6.03. The fourth-order valence-electron chi connectivity index (χ4n) is 2.50. The van der Waals surface area contributed by atoms with Crippen LogP contribution >= 0.6 is 0 Å². The summed E-state index contributed by atoms with van der Waals surface area (Å²) in [6.45, 7) is 7.26. The third-order valence-corrected chi connectivity index (χ3v) is 6.38. The van der Waals surface area contributed by atoms with Crippen LogP contribution in [0.15, 0.2) is 0 Å². The molecule has 0 aromatic rings. The Morgan fingerprint density at radius 1 is 1.35 bits per heavy atom. The fraction of sp³-hybridized carbons (Fsp3) is 0.917. The Bertz CT molecular complexity index is 395. The molecule has 0 aromatic carbocycles. The molecule has 2 unspecified atom stereocenters. The van der Waals surface area contributed by atoms with Crippen molar-refractivity contribution in [2.45, 2.75) is 57.5 Å². The predicted octanol–water partition coefficient (Wildman–Crippen LogP) is 2.09. The molecule has 17 heavy (non-hydrogen) atoms. The van der Waals surface area contributed by atoms with Gasteiger partial charge in [-0.3, -0.25) is 4.79 Å². The van der Waals surface area contributed by atoms with E-state index in [1.165, 1.54) is 0 Å². The zero-order chi connectivity index (χ0) is 13.4. The summed E-state index contributed by atoms with van der Waals surface area (Å²) in [6.07, 6.45) is 1.68. The van der Waals surface area contributed by atoms with Gasteiger partial charge in [0.15, 0.2) is 9.84 Å². The molecule has 1 N–H and O–H groups in total. The van der Waals surface area contributed by atoms with Crippen LogP contribution in [0.4, 0.5) is 0 Å². The van der Waals surface area contributed by atoms with Gasteiger partial charge in [-0.05, 0) is 38.5 Å². The number of carbonyl (C=O) groups is 1. The quantitative estimate of drug-likeness (QED) is 0.845. The Labute approximate surface area is 103 Å². The highest BCUT2D eigenvalue weighted by molar-refractivity contribution is 7.92. The molecule has 4 nitrogen and oxygen atoms in total. The second kappa shape index (κ2) is 4.59. The van der Waals surface area contributed by atoms with E-state index in [1.54, 1.807) is 13.8 Å². The number of rotatable bonds is 3. The Hall–Kier alpha value is -0.580. The molecule has 0 saturated heterocycles. The van der Waals surface area contributed by atoms with Gasteiger partial charge in [0.2, 0.25) is 0 Å². The van der Waals surface area contributed by atoms with Gasteiger partial charge < -0.3 is 5.11 Å². The minimum atomic E-state index is -3.35. The number of hydrogen-bond acceptors (Lipinski definition) is 3. The van der Waals surface area contributed by atoms with Gasteiger partial charge in [-0.15, -0.1) is 0 Å². The number of aliphatic carboxylic acids is 1. The maximum Gasteiger partial charge on any atom is 0.307 e. The maximum absolute atomic E-state index is 12.2. The zero-order valence-electron chi connectivity index (χ0n) is 10.9. The molecule has 1 aliphatic carbocycles. The summed E-state index contributed by atoms with van der Waals surface area (Å²) < 4.78 is 24.4. The fourth-order valence-corrected chi connectivity index (χ4v) is 4.59. The van der Waals surface area contributed by atoms with Crippen LogP contribution in [0.2, 0.25) is 0 Å². The van der Waals surface area contributed by atoms with Crippen molar-refractivity contribution in [3.8, 4) is 0 Å². The highest BCUT2D eigenvalue weighted by Crippen LogP contribution is 2.42. The van der Waals surface area contributed by atoms with E-state index in [4.69, 9.17) is 5.11 Å². The second-order valence-corrected chi connectivity index (χ2v) is 8.75. The van der Waals surface area contributed by atoms with Crippen molar-refractivity contribution in [1.29, 1.82) is 0 Å². The van der Waals surface area contributed by atoms with E-state index in [1.807, 2.05) is 13.8 Å². The molecule has 2 atom stereocenters. The smallest absolute Gasteiger partial charge is 0.307 e. The van der Waals surface area contributed by atoms with Gasteiger partial charge in [-0.2, -0.15) is 0 Å². The molecule has 5 heteroatoms. The van der Waals surface area contributed by atoms with E-state index < -0.39 is 32.2 Å². The largest absolute Gasteiger partial charge is 0.481 e. The van der Waals surface area contributed by atoms with Crippen molar-refractivity contribution in [2.75, 3.05) is 0 Å².